The molecule has 0 spiro atoms. The smallest absolute Gasteiger partial charge is 0.191 e. The molecule has 1 aromatic carbocycles. The van der Waals surface area contributed by atoms with Crippen LogP contribution in [0, 0.1) is 19.7 Å². The van der Waals surface area contributed by atoms with Crippen molar-refractivity contribution in [1.82, 2.24) is 15.8 Å². The first-order valence-electron chi connectivity index (χ1n) is 8.28. The molecular weight excluding hydrogens is 307 g/mol. The molecule has 0 unspecified atom stereocenters. The number of hydrogen-bond donors (Lipinski definition) is 2. The Labute approximate surface area is 142 Å². The Morgan fingerprint density at radius 1 is 1.17 bits per heavy atom. The molecule has 0 atom stereocenters. The lowest BCUT2D eigenvalue weighted by molar-refractivity contribution is 0.392. The number of aliphatic imine (C=N–C) groups is 1. The number of hydrogen-bond acceptors (Lipinski definition) is 3. The molecule has 6 heteroatoms. The molecule has 0 aliphatic heterocycles. The molecule has 0 aliphatic carbocycles. The maximum Gasteiger partial charge on any atom is 0.191 e. The average molecular weight is 332 g/mol. The Kier molecular flexibility index (Phi) is 6.78. The van der Waals surface area contributed by atoms with Crippen LogP contribution in [0.2, 0.25) is 0 Å². The van der Waals surface area contributed by atoms with E-state index in [0.29, 0.717) is 6.54 Å². The fourth-order valence-electron chi connectivity index (χ4n) is 2.46. The highest BCUT2D eigenvalue weighted by atomic mass is 19.1. The van der Waals surface area contributed by atoms with Crippen LogP contribution in [-0.4, -0.2) is 30.8 Å². The van der Waals surface area contributed by atoms with Crippen LogP contribution in [0.1, 0.15) is 29.5 Å². The molecule has 0 saturated carbocycles. The number of aromatic nitrogens is 1. The first-order chi connectivity index (χ1) is 11.6. The summed E-state index contributed by atoms with van der Waals surface area (Å²) in [4.78, 5) is 4.58. The van der Waals surface area contributed by atoms with E-state index in [1.807, 2.05) is 20.8 Å². The van der Waals surface area contributed by atoms with Crippen LogP contribution >= 0.6 is 0 Å². The minimum atomic E-state index is -0.207. The SMILES string of the molecule is CCNC(=NCCc1c(C)noc1C)NCCc1ccc(F)cc1. The summed E-state index contributed by atoms with van der Waals surface area (Å²) in [5.41, 5.74) is 3.15. The largest absolute Gasteiger partial charge is 0.361 e. The van der Waals surface area contributed by atoms with Crippen LogP contribution in [-0.2, 0) is 12.8 Å². The summed E-state index contributed by atoms with van der Waals surface area (Å²) in [7, 11) is 0. The van der Waals surface area contributed by atoms with Gasteiger partial charge in [-0.1, -0.05) is 17.3 Å². The summed E-state index contributed by atoms with van der Waals surface area (Å²) < 4.78 is 18.1. The van der Waals surface area contributed by atoms with Crippen molar-refractivity contribution in [2.75, 3.05) is 19.6 Å². The molecule has 0 radical (unpaired) electrons. The number of guanidine groups is 1. The molecule has 0 saturated heterocycles. The van der Waals surface area contributed by atoms with Crippen LogP contribution in [0.4, 0.5) is 4.39 Å². The van der Waals surface area contributed by atoms with Crippen molar-refractivity contribution in [1.29, 1.82) is 0 Å². The Bertz CT molecular complexity index is 645. The first kappa shape index (κ1) is 18.0. The zero-order valence-corrected chi connectivity index (χ0v) is 14.5. The van der Waals surface area contributed by atoms with E-state index in [0.717, 1.165) is 54.5 Å². The van der Waals surface area contributed by atoms with Crippen LogP contribution in [0.3, 0.4) is 0 Å². The highest BCUT2D eigenvalue weighted by Crippen LogP contribution is 2.12. The quantitative estimate of drug-likeness (QED) is 0.604. The fraction of sp³-hybridized carbons (Fsp3) is 0.444. The molecule has 5 nitrogen and oxygen atoms in total. The molecule has 0 amide bonds. The molecule has 2 N–H and O–H groups in total. The van der Waals surface area contributed by atoms with Gasteiger partial charge in [-0.2, -0.15) is 0 Å². The van der Waals surface area contributed by atoms with Gasteiger partial charge in [0, 0.05) is 25.2 Å². The number of aryl methyl sites for hydroxylation is 2. The summed E-state index contributed by atoms with van der Waals surface area (Å²) in [6.07, 6.45) is 1.62. The van der Waals surface area contributed by atoms with Gasteiger partial charge < -0.3 is 15.2 Å². The average Bonchev–Trinajstić information content (AvgIpc) is 2.88. The standard InChI is InChI=1S/C18H25FN4O/c1-4-20-18(21-11-9-15-5-7-16(19)8-6-15)22-12-10-17-13(2)23-24-14(17)3/h5-8H,4,9-12H2,1-3H3,(H2,20,21,22). The second-order valence-electron chi connectivity index (χ2n) is 5.62. The van der Waals surface area contributed by atoms with E-state index in [-0.39, 0.29) is 5.82 Å². The lowest BCUT2D eigenvalue weighted by atomic mass is 10.1. The highest BCUT2D eigenvalue weighted by molar-refractivity contribution is 5.79. The lowest BCUT2D eigenvalue weighted by Gasteiger charge is -2.11. The summed E-state index contributed by atoms with van der Waals surface area (Å²) in [6, 6.07) is 6.58. The van der Waals surface area contributed by atoms with E-state index < -0.39 is 0 Å². The topological polar surface area (TPSA) is 62.5 Å². The molecule has 1 aromatic heterocycles. The number of rotatable bonds is 7. The van der Waals surface area contributed by atoms with Gasteiger partial charge in [-0.3, -0.25) is 4.99 Å². The molecule has 24 heavy (non-hydrogen) atoms. The monoisotopic (exact) mass is 332 g/mol. The third kappa shape index (κ3) is 5.37. The zero-order chi connectivity index (χ0) is 17.4. The van der Waals surface area contributed by atoms with Crippen molar-refractivity contribution in [2.45, 2.75) is 33.6 Å². The Morgan fingerprint density at radius 3 is 2.54 bits per heavy atom. The fourth-order valence-corrected chi connectivity index (χ4v) is 2.46. The Balaban J connectivity index is 1.83. The van der Waals surface area contributed by atoms with E-state index in [2.05, 4.69) is 20.8 Å². The summed E-state index contributed by atoms with van der Waals surface area (Å²) in [5.74, 6) is 1.43. The maximum atomic E-state index is 12.9. The Hall–Kier alpha value is -2.37. The minimum Gasteiger partial charge on any atom is -0.361 e. The Morgan fingerprint density at radius 2 is 1.92 bits per heavy atom. The zero-order valence-electron chi connectivity index (χ0n) is 14.5. The van der Waals surface area contributed by atoms with Gasteiger partial charge in [-0.15, -0.1) is 0 Å². The molecule has 2 rings (SSSR count). The molecule has 2 aromatic rings. The number of benzene rings is 1. The third-order valence-electron chi connectivity index (χ3n) is 3.78. The predicted molar refractivity (Wildman–Crippen MR) is 93.8 cm³/mol. The molecule has 0 fully saturated rings. The summed E-state index contributed by atoms with van der Waals surface area (Å²) in [6.45, 7) is 8.10. The maximum absolute atomic E-state index is 12.9. The van der Waals surface area contributed by atoms with Crippen molar-refractivity contribution in [2.24, 2.45) is 4.99 Å². The van der Waals surface area contributed by atoms with Crippen LogP contribution in [0.25, 0.3) is 0 Å². The normalized spacial score (nSPS) is 11.6. The van der Waals surface area contributed by atoms with Gasteiger partial charge in [-0.25, -0.2) is 4.39 Å². The summed E-state index contributed by atoms with van der Waals surface area (Å²) >= 11 is 0. The number of nitrogens with zero attached hydrogens (tertiary/aromatic N) is 2. The van der Waals surface area contributed by atoms with E-state index in [9.17, 15) is 4.39 Å². The van der Waals surface area contributed by atoms with E-state index in [1.165, 1.54) is 12.1 Å². The van der Waals surface area contributed by atoms with E-state index >= 15 is 0 Å². The van der Waals surface area contributed by atoms with Crippen LogP contribution in [0.15, 0.2) is 33.8 Å². The second-order valence-corrected chi connectivity index (χ2v) is 5.62. The van der Waals surface area contributed by atoms with E-state index in [1.54, 1.807) is 12.1 Å². The molecule has 1 heterocycles. The molecular formula is C18H25FN4O. The summed E-state index contributed by atoms with van der Waals surface area (Å²) in [5, 5.41) is 10.5. The van der Waals surface area contributed by atoms with Crippen molar-refractivity contribution in [3.05, 3.63) is 52.7 Å². The molecule has 130 valence electrons. The van der Waals surface area contributed by atoms with Gasteiger partial charge in [0.05, 0.1) is 5.69 Å². The predicted octanol–water partition coefficient (Wildman–Crippen LogP) is 2.77. The van der Waals surface area contributed by atoms with Crippen molar-refractivity contribution >= 4 is 5.96 Å². The van der Waals surface area contributed by atoms with Gasteiger partial charge in [0.25, 0.3) is 0 Å². The highest BCUT2D eigenvalue weighted by Gasteiger charge is 2.08. The van der Waals surface area contributed by atoms with E-state index in [4.69, 9.17) is 4.52 Å². The second kappa shape index (κ2) is 9.05. The van der Waals surface area contributed by atoms with Crippen LogP contribution in [0.5, 0.6) is 0 Å². The number of halogens is 1. The van der Waals surface area contributed by atoms with Gasteiger partial charge in [0.2, 0.25) is 0 Å². The van der Waals surface area contributed by atoms with Crippen molar-refractivity contribution < 1.29 is 8.91 Å². The number of nitrogens with one attached hydrogen (secondary N) is 2. The van der Waals surface area contributed by atoms with Crippen LogP contribution < -0.4 is 10.6 Å². The lowest BCUT2D eigenvalue weighted by Crippen LogP contribution is -2.38. The van der Waals surface area contributed by atoms with Gasteiger partial charge >= 0.3 is 0 Å². The minimum absolute atomic E-state index is 0.207. The third-order valence-corrected chi connectivity index (χ3v) is 3.78. The first-order valence-corrected chi connectivity index (χ1v) is 8.28. The molecule has 0 bridgehead atoms. The van der Waals surface area contributed by atoms with Gasteiger partial charge in [0.15, 0.2) is 5.96 Å². The van der Waals surface area contributed by atoms with Crippen molar-refractivity contribution in [3.63, 3.8) is 0 Å². The van der Waals surface area contributed by atoms with Gasteiger partial charge in [0.1, 0.15) is 11.6 Å². The van der Waals surface area contributed by atoms with Crippen molar-refractivity contribution in [3.8, 4) is 0 Å². The van der Waals surface area contributed by atoms with Gasteiger partial charge in [-0.05, 0) is 51.3 Å². The molecule has 0 aliphatic rings.